The van der Waals surface area contributed by atoms with E-state index in [2.05, 4.69) is 0 Å². The summed E-state index contributed by atoms with van der Waals surface area (Å²) in [7, 11) is 1.58. The molecule has 26 heavy (non-hydrogen) atoms. The summed E-state index contributed by atoms with van der Waals surface area (Å²) >= 11 is 0. The minimum absolute atomic E-state index is 0.165. The zero-order valence-corrected chi connectivity index (χ0v) is 15.4. The standard InChI is InChI=1S/C19H27N3O4/c1-3-4-10-21-11-12-22(19(26)18(21)25)16(15-8-6-5-7-9-15)17(24)20(2)13-14-23/h5-9,16,23H,3-4,10-14H2,1-2H3/t16-/m0/s1. The van der Waals surface area contributed by atoms with Crippen molar-refractivity contribution >= 4 is 17.7 Å². The summed E-state index contributed by atoms with van der Waals surface area (Å²) in [5, 5.41) is 9.12. The van der Waals surface area contributed by atoms with Crippen LogP contribution in [0.15, 0.2) is 30.3 Å². The van der Waals surface area contributed by atoms with Crippen molar-refractivity contribution < 1.29 is 19.5 Å². The molecule has 0 spiro atoms. The molecule has 1 fully saturated rings. The molecule has 1 aromatic carbocycles. The number of benzene rings is 1. The molecule has 3 amide bonds. The zero-order valence-electron chi connectivity index (χ0n) is 15.4. The van der Waals surface area contributed by atoms with Gasteiger partial charge in [-0.15, -0.1) is 0 Å². The highest BCUT2D eigenvalue weighted by molar-refractivity contribution is 6.35. The Bertz CT molecular complexity index is 635. The summed E-state index contributed by atoms with van der Waals surface area (Å²) < 4.78 is 0. The average Bonchev–Trinajstić information content (AvgIpc) is 2.65. The van der Waals surface area contributed by atoms with Crippen LogP contribution in [0.5, 0.6) is 0 Å². The Hall–Kier alpha value is -2.41. The monoisotopic (exact) mass is 361 g/mol. The Morgan fingerprint density at radius 2 is 1.88 bits per heavy atom. The molecule has 0 unspecified atom stereocenters. The van der Waals surface area contributed by atoms with Crippen molar-refractivity contribution in [3.05, 3.63) is 35.9 Å². The number of likely N-dealkylation sites (N-methyl/N-ethyl adjacent to an activating group) is 1. The van der Waals surface area contributed by atoms with Crippen molar-refractivity contribution in [1.29, 1.82) is 0 Å². The molecule has 1 aromatic rings. The number of aliphatic hydroxyl groups excluding tert-OH is 1. The van der Waals surface area contributed by atoms with Gasteiger partial charge in [0.25, 0.3) is 0 Å². The molecule has 142 valence electrons. The molecule has 1 heterocycles. The minimum atomic E-state index is -0.863. The first-order valence-corrected chi connectivity index (χ1v) is 9.01. The van der Waals surface area contributed by atoms with Crippen LogP contribution >= 0.6 is 0 Å². The number of aliphatic hydroxyl groups is 1. The third-order valence-electron chi connectivity index (χ3n) is 4.60. The van der Waals surface area contributed by atoms with Gasteiger partial charge in [0.05, 0.1) is 6.61 Å². The Kier molecular flexibility index (Phi) is 7.15. The summed E-state index contributed by atoms with van der Waals surface area (Å²) in [6.45, 7) is 3.33. The first-order valence-electron chi connectivity index (χ1n) is 9.01. The lowest BCUT2D eigenvalue weighted by atomic mass is 10.0. The molecule has 1 aliphatic heterocycles. The molecule has 1 saturated heterocycles. The maximum atomic E-state index is 12.9. The van der Waals surface area contributed by atoms with E-state index in [1.807, 2.05) is 13.0 Å². The molecule has 0 saturated carbocycles. The first kappa shape index (κ1) is 19.9. The van der Waals surface area contributed by atoms with Gasteiger partial charge >= 0.3 is 11.8 Å². The van der Waals surface area contributed by atoms with Crippen LogP contribution in [0.4, 0.5) is 0 Å². The number of carbonyl (C=O) groups excluding carboxylic acids is 3. The van der Waals surface area contributed by atoms with E-state index < -0.39 is 17.9 Å². The summed E-state index contributed by atoms with van der Waals surface area (Å²) in [5.41, 5.74) is 0.658. The van der Waals surface area contributed by atoms with Gasteiger partial charge < -0.3 is 19.8 Å². The Morgan fingerprint density at radius 1 is 1.19 bits per heavy atom. The maximum Gasteiger partial charge on any atom is 0.313 e. The van der Waals surface area contributed by atoms with Crippen LogP contribution in [0, 0.1) is 0 Å². The van der Waals surface area contributed by atoms with Crippen LogP contribution in [0.3, 0.4) is 0 Å². The Balaban J connectivity index is 2.27. The highest BCUT2D eigenvalue weighted by atomic mass is 16.3. The number of carbonyl (C=O) groups is 3. The molecule has 7 nitrogen and oxygen atoms in total. The summed E-state index contributed by atoms with van der Waals surface area (Å²) in [4.78, 5) is 42.4. The third kappa shape index (κ3) is 4.40. The largest absolute Gasteiger partial charge is 0.395 e. The number of nitrogens with zero attached hydrogens (tertiary/aromatic N) is 3. The van der Waals surface area contributed by atoms with Crippen LogP contribution in [0.1, 0.15) is 31.4 Å². The first-order chi connectivity index (χ1) is 12.5. The van der Waals surface area contributed by atoms with Crippen molar-refractivity contribution in [3.8, 4) is 0 Å². The second-order valence-corrected chi connectivity index (χ2v) is 6.44. The molecule has 0 bridgehead atoms. The number of unbranched alkanes of at least 4 members (excludes halogenated alkanes) is 1. The topological polar surface area (TPSA) is 81.2 Å². The van der Waals surface area contributed by atoms with Gasteiger partial charge in [0.2, 0.25) is 5.91 Å². The van der Waals surface area contributed by atoms with Gasteiger partial charge in [-0.1, -0.05) is 43.7 Å². The summed E-state index contributed by atoms with van der Waals surface area (Å²) in [6.07, 6.45) is 1.79. The van der Waals surface area contributed by atoms with Gasteiger partial charge in [-0.3, -0.25) is 14.4 Å². The Morgan fingerprint density at radius 3 is 2.50 bits per heavy atom. The van der Waals surface area contributed by atoms with Crippen molar-refractivity contribution in [2.75, 3.05) is 39.8 Å². The van der Waals surface area contributed by atoms with E-state index in [1.165, 1.54) is 9.80 Å². The second kappa shape index (κ2) is 9.33. The zero-order chi connectivity index (χ0) is 19.1. The highest BCUT2D eigenvalue weighted by Crippen LogP contribution is 2.25. The molecule has 1 atom stereocenters. The number of hydrogen-bond donors (Lipinski definition) is 1. The van der Waals surface area contributed by atoms with Crippen LogP contribution in [0.2, 0.25) is 0 Å². The molecule has 0 aliphatic carbocycles. The fraction of sp³-hybridized carbons (Fsp3) is 0.526. The van der Waals surface area contributed by atoms with E-state index in [9.17, 15) is 14.4 Å². The fourth-order valence-electron chi connectivity index (χ4n) is 3.06. The second-order valence-electron chi connectivity index (χ2n) is 6.44. The van der Waals surface area contributed by atoms with E-state index in [0.717, 1.165) is 12.8 Å². The van der Waals surface area contributed by atoms with Crippen LogP contribution in [-0.2, 0) is 14.4 Å². The summed E-state index contributed by atoms with van der Waals surface area (Å²) in [6, 6.07) is 8.11. The number of rotatable bonds is 8. The van der Waals surface area contributed by atoms with Crippen molar-refractivity contribution in [3.63, 3.8) is 0 Å². The van der Waals surface area contributed by atoms with E-state index in [4.69, 9.17) is 5.11 Å². The number of piperazine rings is 1. The smallest absolute Gasteiger partial charge is 0.313 e. The average molecular weight is 361 g/mol. The van der Waals surface area contributed by atoms with E-state index in [-0.39, 0.29) is 19.1 Å². The number of amides is 3. The quantitative estimate of drug-likeness (QED) is 0.690. The van der Waals surface area contributed by atoms with Crippen molar-refractivity contribution in [1.82, 2.24) is 14.7 Å². The van der Waals surface area contributed by atoms with E-state index in [1.54, 1.807) is 36.2 Å². The molecule has 7 heteroatoms. The van der Waals surface area contributed by atoms with Crippen LogP contribution in [-0.4, -0.2) is 77.4 Å². The van der Waals surface area contributed by atoms with Gasteiger partial charge in [-0.2, -0.15) is 0 Å². The molecular formula is C19H27N3O4. The SMILES string of the molecule is CCCCN1CCN([C@H](C(=O)N(C)CCO)c2ccccc2)C(=O)C1=O. The fourth-order valence-corrected chi connectivity index (χ4v) is 3.06. The molecule has 1 aliphatic rings. The lowest BCUT2D eigenvalue weighted by molar-refractivity contribution is -0.161. The maximum absolute atomic E-state index is 12.9. The lowest BCUT2D eigenvalue weighted by Gasteiger charge is -2.39. The normalized spacial score (nSPS) is 16.0. The Labute approximate surface area is 154 Å². The van der Waals surface area contributed by atoms with Crippen molar-refractivity contribution in [2.45, 2.75) is 25.8 Å². The summed E-state index contributed by atoms with van der Waals surface area (Å²) in [5.74, 6) is -1.51. The lowest BCUT2D eigenvalue weighted by Crippen LogP contribution is -2.57. The predicted octanol–water partition coefficient (Wildman–Crippen LogP) is 0.649. The van der Waals surface area contributed by atoms with Crippen LogP contribution < -0.4 is 0 Å². The minimum Gasteiger partial charge on any atom is -0.395 e. The van der Waals surface area contributed by atoms with Gasteiger partial charge in [0.15, 0.2) is 0 Å². The predicted molar refractivity (Wildman–Crippen MR) is 97.1 cm³/mol. The molecular weight excluding hydrogens is 334 g/mol. The van der Waals surface area contributed by atoms with E-state index >= 15 is 0 Å². The molecule has 0 aromatic heterocycles. The van der Waals surface area contributed by atoms with Gasteiger partial charge in [-0.25, -0.2) is 0 Å². The molecule has 0 radical (unpaired) electrons. The highest BCUT2D eigenvalue weighted by Gasteiger charge is 2.40. The van der Waals surface area contributed by atoms with Gasteiger partial charge in [0, 0.05) is 33.2 Å². The van der Waals surface area contributed by atoms with Gasteiger partial charge in [-0.05, 0) is 12.0 Å². The van der Waals surface area contributed by atoms with Crippen LogP contribution in [0.25, 0.3) is 0 Å². The van der Waals surface area contributed by atoms with E-state index in [0.29, 0.717) is 25.2 Å². The molecule has 2 rings (SSSR count). The number of hydrogen-bond acceptors (Lipinski definition) is 4. The van der Waals surface area contributed by atoms with Crippen molar-refractivity contribution in [2.24, 2.45) is 0 Å². The van der Waals surface area contributed by atoms with Gasteiger partial charge in [0.1, 0.15) is 6.04 Å². The molecule has 1 N–H and O–H groups in total. The third-order valence-corrected chi connectivity index (χ3v) is 4.60.